The van der Waals surface area contributed by atoms with Gasteiger partial charge in [0.15, 0.2) is 0 Å². The van der Waals surface area contributed by atoms with E-state index in [1.807, 2.05) is 0 Å². The molecule has 0 bridgehead atoms. The van der Waals surface area contributed by atoms with Crippen molar-refractivity contribution in [1.29, 1.82) is 0 Å². The molecule has 3 rings (SSSR count). The third-order valence-electron chi connectivity index (χ3n) is 4.64. The first kappa shape index (κ1) is 12.7. The van der Waals surface area contributed by atoms with Crippen molar-refractivity contribution in [2.45, 2.75) is 25.8 Å². The molecule has 3 heteroatoms. The fourth-order valence-corrected chi connectivity index (χ4v) is 3.16. The summed E-state index contributed by atoms with van der Waals surface area (Å²) in [5, 5.41) is 4.96. The van der Waals surface area contributed by atoms with Crippen LogP contribution in [-0.2, 0) is 13.6 Å². The minimum atomic E-state index is 0.380. The Labute approximate surface area is 114 Å². The number of para-hydroxylation sites is 1. The molecule has 0 amide bonds. The minimum absolute atomic E-state index is 0.380. The monoisotopic (exact) mass is 257 g/mol. The smallest absolute Gasteiger partial charge is 0.0481 e. The number of nitrogens with two attached hydrogens (primary N) is 1. The molecule has 1 aromatic heterocycles. The van der Waals surface area contributed by atoms with Crippen LogP contribution in [0.5, 0.6) is 0 Å². The van der Waals surface area contributed by atoms with Gasteiger partial charge < -0.3 is 15.6 Å². The highest BCUT2D eigenvalue weighted by atomic mass is 14.9. The maximum absolute atomic E-state index is 5.90. The van der Waals surface area contributed by atoms with Crippen molar-refractivity contribution in [3.8, 4) is 0 Å². The van der Waals surface area contributed by atoms with Crippen molar-refractivity contribution in [3.63, 3.8) is 0 Å². The standard InChI is InChI=1S/C16H23N3/c1-19-10-13(14-5-2-3-6-15(14)19)9-18-12-16(11-17)7-4-8-16/h2-3,5-6,10,18H,4,7-9,11-12,17H2,1H3. The second-order valence-corrected chi connectivity index (χ2v) is 5.94. The third-order valence-corrected chi connectivity index (χ3v) is 4.64. The SMILES string of the molecule is Cn1cc(CNCC2(CN)CCC2)c2ccccc21. The molecular formula is C16H23N3. The van der Waals surface area contributed by atoms with Gasteiger partial charge in [-0.05, 0) is 36.4 Å². The molecule has 0 saturated heterocycles. The maximum atomic E-state index is 5.90. The van der Waals surface area contributed by atoms with Crippen LogP contribution in [0.15, 0.2) is 30.5 Å². The zero-order chi connectivity index (χ0) is 13.3. The van der Waals surface area contributed by atoms with Crippen LogP contribution in [0.1, 0.15) is 24.8 Å². The Balaban J connectivity index is 1.69. The molecule has 1 heterocycles. The van der Waals surface area contributed by atoms with E-state index in [4.69, 9.17) is 5.73 Å². The van der Waals surface area contributed by atoms with Gasteiger partial charge in [0.1, 0.15) is 0 Å². The Morgan fingerprint density at radius 1 is 1.32 bits per heavy atom. The summed E-state index contributed by atoms with van der Waals surface area (Å²) >= 11 is 0. The number of aryl methyl sites for hydroxylation is 1. The van der Waals surface area contributed by atoms with Gasteiger partial charge in [0, 0.05) is 37.2 Å². The van der Waals surface area contributed by atoms with Crippen LogP contribution < -0.4 is 11.1 Å². The topological polar surface area (TPSA) is 43.0 Å². The molecule has 2 aromatic rings. The molecule has 0 radical (unpaired) electrons. The molecule has 0 unspecified atom stereocenters. The van der Waals surface area contributed by atoms with E-state index >= 15 is 0 Å². The number of fused-ring (bicyclic) bond motifs is 1. The van der Waals surface area contributed by atoms with Crippen molar-refractivity contribution < 1.29 is 0 Å². The van der Waals surface area contributed by atoms with E-state index in [-0.39, 0.29) is 0 Å². The van der Waals surface area contributed by atoms with Crippen LogP contribution in [0.2, 0.25) is 0 Å². The molecule has 0 spiro atoms. The molecule has 3 nitrogen and oxygen atoms in total. The fourth-order valence-electron chi connectivity index (χ4n) is 3.16. The highest BCUT2D eigenvalue weighted by molar-refractivity contribution is 5.83. The van der Waals surface area contributed by atoms with Gasteiger partial charge in [-0.15, -0.1) is 0 Å². The summed E-state index contributed by atoms with van der Waals surface area (Å²) in [6.07, 6.45) is 6.14. The largest absolute Gasteiger partial charge is 0.350 e. The van der Waals surface area contributed by atoms with Crippen LogP contribution in [-0.4, -0.2) is 17.7 Å². The first-order valence-corrected chi connectivity index (χ1v) is 7.18. The van der Waals surface area contributed by atoms with Gasteiger partial charge in [0.2, 0.25) is 0 Å². The Morgan fingerprint density at radius 2 is 2.11 bits per heavy atom. The first-order valence-electron chi connectivity index (χ1n) is 7.18. The molecule has 102 valence electrons. The van der Waals surface area contributed by atoms with Gasteiger partial charge in [-0.2, -0.15) is 0 Å². The second kappa shape index (κ2) is 4.99. The Bertz CT molecular complexity index is 561. The number of nitrogens with zero attached hydrogens (tertiary/aromatic N) is 1. The number of aromatic nitrogens is 1. The Kier molecular flexibility index (Phi) is 3.33. The number of hydrogen-bond acceptors (Lipinski definition) is 2. The lowest BCUT2D eigenvalue weighted by molar-refractivity contribution is 0.141. The lowest BCUT2D eigenvalue weighted by Crippen LogP contribution is -2.45. The van der Waals surface area contributed by atoms with Crippen molar-refractivity contribution in [2.24, 2.45) is 18.2 Å². The lowest BCUT2D eigenvalue weighted by atomic mass is 9.69. The highest BCUT2D eigenvalue weighted by Gasteiger charge is 2.34. The summed E-state index contributed by atoms with van der Waals surface area (Å²) in [7, 11) is 2.11. The van der Waals surface area contributed by atoms with Crippen LogP contribution in [0.3, 0.4) is 0 Å². The van der Waals surface area contributed by atoms with Crippen LogP contribution in [0.4, 0.5) is 0 Å². The van der Waals surface area contributed by atoms with Crippen LogP contribution >= 0.6 is 0 Å². The molecule has 1 aliphatic carbocycles. The van der Waals surface area contributed by atoms with E-state index in [0.29, 0.717) is 5.41 Å². The van der Waals surface area contributed by atoms with Crippen molar-refractivity contribution in [1.82, 2.24) is 9.88 Å². The molecule has 0 atom stereocenters. The summed E-state index contributed by atoms with van der Waals surface area (Å²) in [6, 6.07) is 8.58. The average Bonchev–Trinajstić information content (AvgIpc) is 2.71. The van der Waals surface area contributed by atoms with Gasteiger partial charge in [-0.1, -0.05) is 24.6 Å². The molecular weight excluding hydrogens is 234 g/mol. The van der Waals surface area contributed by atoms with Gasteiger partial charge in [-0.25, -0.2) is 0 Å². The molecule has 3 N–H and O–H groups in total. The van der Waals surface area contributed by atoms with Crippen molar-refractivity contribution in [3.05, 3.63) is 36.0 Å². The van der Waals surface area contributed by atoms with Gasteiger partial charge in [0.25, 0.3) is 0 Å². The molecule has 1 aliphatic rings. The quantitative estimate of drug-likeness (QED) is 0.863. The van der Waals surface area contributed by atoms with Crippen LogP contribution in [0.25, 0.3) is 10.9 Å². The fraction of sp³-hybridized carbons (Fsp3) is 0.500. The summed E-state index contributed by atoms with van der Waals surface area (Å²) in [5.74, 6) is 0. The summed E-state index contributed by atoms with van der Waals surface area (Å²) in [4.78, 5) is 0. The zero-order valence-corrected chi connectivity index (χ0v) is 11.7. The van der Waals surface area contributed by atoms with E-state index in [0.717, 1.165) is 19.6 Å². The van der Waals surface area contributed by atoms with Gasteiger partial charge >= 0.3 is 0 Å². The predicted octanol–water partition coefficient (Wildman–Crippen LogP) is 2.40. The van der Waals surface area contributed by atoms with Gasteiger partial charge in [0.05, 0.1) is 0 Å². The van der Waals surface area contributed by atoms with E-state index < -0.39 is 0 Å². The summed E-state index contributed by atoms with van der Waals surface area (Å²) in [5.41, 5.74) is 8.96. The molecule has 0 aliphatic heterocycles. The predicted molar refractivity (Wildman–Crippen MR) is 80.0 cm³/mol. The van der Waals surface area contributed by atoms with Crippen molar-refractivity contribution in [2.75, 3.05) is 13.1 Å². The number of rotatable bonds is 5. The summed E-state index contributed by atoms with van der Waals surface area (Å²) < 4.78 is 2.20. The molecule has 19 heavy (non-hydrogen) atoms. The molecule has 1 aromatic carbocycles. The number of nitrogens with one attached hydrogen (secondary N) is 1. The first-order chi connectivity index (χ1) is 9.24. The minimum Gasteiger partial charge on any atom is -0.350 e. The van der Waals surface area contributed by atoms with Crippen LogP contribution in [0, 0.1) is 5.41 Å². The Morgan fingerprint density at radius 3 is 2.79 bits per heavy atom. The van der Waals surface area contributed by atoms with E-state index in [1.165, 1.54) is 35.7 Å². The Hall–Kier alpha value is -1.32. The molecule has 1 saturated carbocycles. The van der Waals surface area contributed by atoms with Crippen molar-refractivity contribution >= 4 is 10.9 Å². The summed E-state index contributed by atoms with van der Waals surface area (Å²) in [6.45, 7) is 2.80. The lowest BCUT2D eigenvalue weighted by Gasteiger charge is -2.41. The second-order valence-electron chi connectivity index (χ2n) is 5.94. The normalized spacial score (nSPS) is 17.6. The zero-order valence-electron chi connectivity index (χ0n) is 11.7. The number of benzene rings is 1. The van der Waals surface area contributed by atoms with E-state index in [1.54, 1.807) is 0 Å². The van der Waals surface area contributed by atoms with Gasteiger partial charge in [-0.3, -0.25) is 0 Å². The van der Waals surface area contributed by atoms with E-state index in [2.05, 4.69) is 47.4 Å². The highest BCUT2D eigenvalue weighted by Crippen LogP contribution is 2.39. The number of hydrogen-bond donors (Lipinski definition) is 2. The average molecular weight is 257 g/mol. The maximum Gasteiger partial charge on any atom is 0.0481 e. The van der Waals surface area contributed by atoms with E-state index in [9.17, 15) is 0 Å². The third kappa shape index (κ3) is 2.28. The molecule has 1 fully saturated rings.